The van der Waals surface area contributed by atoms with Gasteiger partial charge in [0.15, 0.2) is 0 Å². The number of nitrogens with zero attached hydrogens (tertiary/aromatic N) is 2. The summed E-state index contributed by atoms with van der Waals surface area (Å²) in [4.78, 5) is 7.25. The van der Waals surface area contributed by atoms with Gasteiger partial charge in [-0.1, -0.05) is 12.1 Å². The Balaban J connectivity index is 1.80. The number of fused-ring (bicyclic) bond motifs is 1. The maximum Gasteiger partial charge on any atom is 0.144 e. The Hall–Kier alpha value is -1.46. The van der Waals surface area contributed by atoms with Crippen LogP contribution >= 0.6 is 11.8 Å². The molecule has 3 rings (SSSR count). The average molecular weight is 275 g/mol. The molecule has 2 heterocycles. The normalized spacial score (nSPS) is 25.6. The number of hydrogen-bond donors (Lipinski definition) is 2. The predicted molar refractivity (Wildman–Crippen MR) is 81.0 cm³/mol. The molecular weight excluding hydrogens is 258 g/mol. The van der Waals surface area contributed by atoms with Gasteiger partial charge in [-0.3, -0.25) is 10.3 Å². The molecule has 19 heavy (non-hydrogen) atoms. The highest BCUT2D eigenvalue weighted by Gasteiger charge is 2.33. The first kappa shape index (κ1) is 12.6. The highest BCUT2D eigenvalue weighted by Crippen LogP contribution is 2.43. The number of nitrogens with one attached hydrogen (secondary N) is 1. The van der Waals surface area contributed by atoms with Crippen molar-refractivity contribution >= 4 is 23.7 Å². The van der Waals surface area contributed by atoms with Crippen LogP contribution in [0.3, 0.4) is 0 Å². The van der Waals surface area contributed by atoms with Gasteiger partial charge in [-0.25, -0.2) is 0 Å². The lowest BCUT2D eigenvalue weighted by molar-refractivity contribution is 0.432. The number of aliphatic hydroxyl groups excluding tert-OH is 1. The van der Waals surface area contributed by atoms with E-state index in [0.29, 0.717) is 12.3 Å². The molecule has 2 N–H and O–H groups in total. The topological polar surface area (TPSA) is 47.9 Å². The smallest absolute Gasteiger partial charge is 0.144 e. The van der Waals surface area contributed by atoms with Gasteiger partial charge in [0, 0.05) is 24.7 Å². The Morgan fingerprint density at radius 2 is 2.05 bits per heavy atom. The molecule has 1 fully saturated rings. The summed E-state index contributed by atoms with van der Waals surface area (Å²) in [6.45, 7) is 0.707. The summed E-state index contributed by atoms with van der Waals surface area (Å²) in [6, 6.07) is 8.66. The van der Waals surface area contributed by atoms with E-state index in [1.54, 1.807) is 18.0 Å². The number of rotatable bonds is 2. The Kier molecular flexibility index (Phi) is 3.24. The van der Waals surface area contributed by atoms with E-state index in [9.17, 15) is 5.11 Å². The van der Waals surface area contributed by atoms with Crippen molar-refractivity contribution < 1.29 is 5.11 Å². The fourth-order valence-electron chi connectivity index (χ4n) is 2.30. The van der Waals surface area contributed by atoms with Crippen molar-refractivity contribution in [3.8, 4) is 0 Å². The molecule has 0 amide bonds. The van der Waals surface area contributed by atoms with Gasteiger partial charge < -0.3 is 10.0 Å². The van der Waals surface area contributed by atoms with Crippen LogP contribution in [0.15, 0.2) is 39.9 Å². The second kappa shape index (κ2) is 4.90. The number of benzene rings is 1. The fourth-order valence-corrected chi connectivity index (χ4v) is 3.56. The van der Waals surface area contributed by atoms with Crippen LogP contribution in [0.1, 0.15) is 10.9 Å². The van der Waals surface area contributed by atoms with Gasteiger partial charge >= 0.3 is 0 Å². The van der Waals surface area contributed by atoms with E-state index < -0.39 is 0 Å². The molecule has 2 unspecified atom stereocenters. The number of aliphatic hydroxyl groups is 1. The van der Waals surface area contributed by atoms with Crippen LogP contribution < -0.4 is 10.2 Å². The van der Waals surface area contributed by atoms with Gasteiger partial charge in [-0.2, -0.15) is 0 Å². The second-order valence-electron chi connectivity index (χ2n) is 4.95. The first-order chi connectivity index (χ1) is 9.15. The molecule has 100 valence electrons. The molecule has 0 aliphatic carbocycles. The van der Waals surface area contributed by atoms with Crippen LogP contribution in [-0.2, 0) is 0 Å². The quantitative estimate of drug-likeness (QED) is 0.869. The monoisotopic (exact) mass is 275 g/mol. The Morgan fingerprint density at radius 1 is 1.32 bits per heavy atom. The third-order valence-corrected chi connectivity index (χ3v) is 4.77. The molecule has 0 bridgehead atoms. The van der Waals surface area contributed by atoms with E-state index in [1.165, 1.54) is 11.3 Å². The Labute approximate surface area is 117 Å². The third kappa shape index (κ3) is 2.35. The van der Waals surface area contributed by atoms with E-state index in [-0.39, 0.29) is 11.4 Å². The van der Waals surface area contributed by atoms with Crippen LogP contribution in [0.25, 0.3) is 0 Å². The molecule has 2 aliphatic rings. The van der Waals surface area contributed by atoms with Gasteiger partial charge in [0.1, 0.15) is 5.76 Å². The highest BCUT2D eigenvalue weighted by molar-refractivity contribution is 8.03. The molecule has 4 nitrogen and oxygen atoms in total. The van der Waals surface area contributed by atoms with E-state index in [2.05, 4.69) is 39.5 Å². The summed E-state index contributed by atoms with van der Waals surface area (Å²) in [7, 11) is 4.07. The van der Waals surface area contributed by atoms with Gasteiger partial charge in [0.25, 0.3) is 0 Å². The summed E-state index contributed by atoms with van der Waals surface area (Å²) in [5, 5.41) is 13.5. The lowest BCUT2D eigenvalue weighted by atomic mass is 10.1. The van der Waals surface area contributed by atoms with Gasteiger partial charge in [0.05, 0.1) is 24.2 Å². The van der Waals surface area contributed by atoms with Gasteiger partial charge in [-0.05, 0) is 17.7 Å². The third-order valence-electron chi connectivity index (χ3n) is 3.38. The summed E-state index contributed by atoms with van der Waals surface area (Å²) in [6.07, 6.45) is 1.55. The number of thioether (sulfide) groups is 1. The number of hydrogen-bond acceptors (Lipinski definition) is 5. The molecule has 1 aromatic carbocycles. The van der Waals surface area contributed by atoms with Gasteiger partial charge in [-0.15, -0.1) is 11.8 Å². The standard InChI is InChI=1S/C14H17N3OS/c1-17(2)10-5-3-9(4-6-10)14-16-11-7-15-8-12(18)13(11)19-14/h3-6,8,11,14,16,18H,7H2,1-2H3. The largest absolute Gasteiger partial charge is 0.505 e. The number of allylic oxidation sites excluding steroid dienone is 1. The van der Waals surface area contributed by atoms with E-state index in [0.717, 1.165) is 4.91 Å². The maximum absolute atomic E-state index is 9.82. The lowest BCUT2D eigenvalue weighted by Gasteiger charge is -2.15. The minimum Gasteiger partial charge on any atom is -0.505 e. The maximum atomic E-state index is 9.82. The van der Waals surface area contributed by atoms with Crippen LogP contribution in [0, 0.1) is 0 Å². The molecule has 1 saturated heterocycles. The van der Waals surface area contributed by atoms with Crippen LogP contribution in [0.4, 0.5) is 5.69 Å². The summed E-state index contributed by atoms with van der Waals surface area (Å²) in [5.74, 6) is 0.307. The molecule has 2 aliphatic heterocycles. The average Bonchev–Trinajstić information content (AvgIpc) is 2.84. The van der Waals surface area contributed by atoms with E-state index >= 15 is 0 Å². The minimum atomic E-state index is 0.161. The molecule has 0 radical (unpaired) electrons. The zero-order valence-corrected chi connectivity index (χ0v) is 11.8. The fraction of sp³-hybridized carbons (Fsp3) is 0.357. The lowest BCUT2D eigenvalue weighted by Crippen LogP contribution is -2.30. The Morgan fingerprint density at radius 3 is 2.68 bits per heavy atom. The van der Waals surface area contributed by atoms with Crippen molar-refractivity contribution in [1.82, 2.24) is 5.32 Å². The number of anilines is 1. The van der Waals surface area contributed by atoms with Gasteiger partial charge in [0.2, 0.25) is 0 Å². The van der Waals surface area contributed by atoms with E-state index in [4.69, 9.17) is 0 Å². The molecule has 0 saturated carbocycles. The van der Waals surface area contributed by atoms with Crippen molar-refractivity contribution in [2.45, 2.75) is 11.4 Å². The van der Waals surface area contributed by atoms with Crippen molar-refractivity contribution in [3.05, 3.63) is 40.5 Å². The second-order valence-corrected chi connectivity index (χ2v) is 6.09. The van der Waals surface area contributed by atoms with Crippen LogP contribution in [0.2, 0.25) is 0 Å². The first-order valence-electron chi connectivity index (χ1n) is 6.28. The van der Waals surface area contributed by atoms with Crippen molar-refractivity contribution in [3.63, 3.8) is 0 Å². The SMILES string of the molecule is CN(C)c1ccc(C2NC3CN=CC(O)=C3S2)cc1. The van der Waals surface area contributed by atoms with Crippen LogP contribution in [0.5, 0.6) is 0 Å². The van der Waals surface area contributed by atoms with Crippen LogP contribution in [-0.4, -0.2) is 38.0 Å². The van der Waals surface area contributed by atoms with Crippen molar-refractivity contribution in [1.29, 1.82) is 0 Å². The Bertz CT molecular complexity index is 536. The van der Waals surface area contributed by atoms with Crippen molar-refractivity contribution in [2.75, 3.05) is 25.5 Å². The highest BCUT2D eigenvalue weighted by atomic mass is 32.2. The van der Waals surface area contributed by atoms with Crippen molar-refractivity contribution in [2.24, 2.45) is 4.99 Å². The minimum absolute atomic E-state index is 0.161. The van der Waals surface area contributed by atoms with E-state index in [1.807, 2.05) is 14.1 Å². The number of dihydropyridines is 1. The molecule has 5 heteroatoms. The molecule has 0 aromatic heterocycles. The summed E-state index contributed by atoms with van der Waals surface area (Å²) in [5.41, 5.74) is 2.42. The molecule has 1 aromatic rings. The summed E-state index contributed by atoms with van der Waals surface area (Å²) < 4.78 is 0. The predicted octanol–water partition coefficient (Wildman–Crippen LogP) is 2.31. The number of aliphatic imine (C=N–C) groups is 1. The molecule has 2 atom stereocenters. The molecule has 0 spiro atoms. The zero-order valence-electron chi connectivity index (χ0n) is 11.0. The first-order valence-corrected chi connectivity index (χ1v) is 7.16. The molecular formula is C14H17N3OS. The summed E-state index contributed by atoms with van der Waals surface area (Å²) >= 11 is 1.68. The zero-order chi connectivity index (χ0) is 13.4.